The second-order valence-corrected chi connectivity index (χ2v) is 6.00. The van der Waals surface area contributed by atoms with Gasteiger partial charge in [0.25, 0.3) is 0 Å². The van der Waals surface area contributed by atoms with Crippen molar-refractivity contribution in [1.82, 2.24) is 9.78 Å². The molecule has 0 spiro atoms. The average Bonchev–Trinajstić information content (AvgIpc) is 2.60. The molecule has 4 heteroatoms. The van der Waals surface area contributed by atoms with Crippen LogP contribution in [-0.2, 0) is 18.3 Å². The number of hydrogen-bond acceptors (Lipinski definition) is 2. The van der Waals surface area contributed by atoms with Crippen molar-refractivity contribution in [2.45, 2.75) is 65.2 Å². The van der Waals surface area contributed by atoms with E-state index in [2.05, 4.69) is 28.0 Å². The molecule has 0 N–H and O–H groups in total. The van der Waals surface area contributed by atoms with Crippen molar-refractivity contribution in [3.8, 4) is 0 Å². The second kappa shape index (κ2) is 8.51. The first-order chi connectivity index (χ1) is 9.06. The predicted octanol–water partition coefficient (Wildman–Crippen LogP) is 4.35. The molecule has 0 radical (unpaired) electrons. The number of halogens is 1. The number of Topliss-reactive ketones (excluding diaryl/α,β-unsaturated/α-hetero) is 1. The zero-order chi connectivity index (χ0) is 14.3. The van der Waals surface area contributed by atoms with E-state index >= 15 is 0 Å². The molecule has 0 aliphatic heterocycles. The molecule has 108 valence electrons. The molecule has 1 aromatic heterocycles. The maximum absolute atomic E-state index is 12.0. The van der Waals surface area contributed by atoms with Crippen molar-refractivity contribution >= 4 is 21.7 Å². The van der Waals surface area contributed by atoms with E-state index in [-0.39, 0.29) is 0 Å². The maximum atomic E-state index is 12.0. The van der Waals surface area contributed by atoms with E-state index in [1.807, 2.05) is 14.0 Å². The second-order valence-electron chi connectivity index (χ2n) is 5.20. The lowest BCUT2D eigenvalue weighted by atomic mass is 10.1. The zero-order valence-electron chi connectivity index (χ0n) is 12.3. The minimum atomic E-state index is 0.319. The highest BCUT2D eigenvalue weighted by Gasteiger charge is 2.13. The van der Waals surface area contributed by atoms with Crippen molar-refractivity contribution in [2.24, 2.45) is 7.05 Å². The lowest BCUT2D eigenvalue weighted by Crippen LogP contribution is -2.07. The standard InChI is InChI=1S/C15H25BrN2O/c1-4-5-6-7-8-9-10-13(19)11-14-15(16)12(2)17-18(14)3/h4-11H2,1-3H3. The van der Waals surface area contributed by atoms with E-state index in [1.165, 1.54) is 32.1 Å². The number of nitrogens with zero attached hydrogens (tertiary/aromatic N) is 2. The number of carbonyl (C=O) groups excluding carboxylic acids is 1. The van der Waals surface area contributed by atoms with Crippen LogP contribution in [0.15, 0.2) is 4.47 Å². The Morgan fingerprint density at radius 3 is 2.42 bits per heavy atom. The molecule has 0 unspecified atom stereocenters. The molecule has 0 aliphatic rings. The van der Waals surface area contributed by atoms with Gasteiger partial charge in [-0.15, -0.1) is 0 Å². The van der Waals surface area contributed by atoms with Crippen molar-refractivity contribution in [2.75, 3.05) is 0 Å². The number of unbranched alkanes of at least 4 members (excludes halogenated alkanes) is 5. The van der Waals surface area contributed by atoms with E-state index < -0.39 is 0 Å². The van der Waals surface area contributed by atoms with Gasteiger partial charge in [-0.2, -0.15) is 5.10 Å². The Bertz CT molecular complexity index is 413. The monoisotopic (exact) mass is 328 g/mol. The minimum Gasteiger partial charge on any atom is -0.299 e. The van der Waals surface area contributed by atoms with E-state index in [9.17, 15) is 4.79 Å². The third kappa shape index (κ3) is 5.47. The van der Waals surface area contributed by atoms with E-state index in [1.54, 1.807) is 4.68 Å². The van der Waals surface area contributed by atoms with Crippen LogP contribution in [0.3, 0.4) is 0 Å². The highest BCUT2D eigenvalue weighted by atomic mass is 79.9. The summed E-state index contributed by atoms with van der Waals surface area (Å²) in [5.74, 6) is 0.319. The van der Waals surface area contributed by atoms with Crippen molar-refractivity contribution < 1.29 is 4.79 Å². The highest BCUT2D eigenvalue weighted by Crippen LogP contribution is 2.21. The quantitative estimate of drug-likeness (QED) is 0.631. The number of ketones is 1. The van der Waals surface area contributed by atoms with E-state index in [4.69, 9.17) is 0 Å². The van der Waals surface area contributed by atoms with Gasteiger partial charge in [0.2, 0.25) is 0 Å². The van der Waals surface area contributed by atoms with Crippen LogP contribution in [0.1, 0.15) is 63.3 Å². The molecular formula is C15H25BrN2O. The Labute approximate surface area is 124 Å². The smallest absolute Gasteiger partial charge is 0.138 e. The zero-order valence-corrected chi connectivity index (χ0v) is 13.9. The first-order valence-electron chi connectivity index (χ1n) is 7.26. The molecule has 1 rings (SSSR count). The third-order valence-electron chi connectivity index (χ3n) is 3.44. The van der Waals surface area contributed by atoms with Gasteiger partial charge in [0.1, 0.15) is 5.78 Å². The lowest BCUT2D eigenvalue weighted by Gasteiger charge is -2.03. The summed E-state index contributed by atoms with van der Waals surface area (Å²) in [5.41, 5.74) is 1.94. The molecule has 3 nitrogen and oxygen atoms in total. The van der Waals surface area contributed by atoms with Crippen LogP contribution in [0, 0.1) is 6.92 Å². The average molecular weight is 329 g/mol. The summed E-state index contributed by atoms with van der Waals surface area (Å²) in [7, 11) is 1.89. The fourth-order valence-corrected chi connectivity index (χ4v) is 2.73. The van der Waals surface area contributed by atoms with Crippen LogP contribution in [0.2, 0.25) is 0 Å². The van der Waals surface area contributed by atoms with Gasteiger partial charge < -0.3 is 0 Å². The Morgan fingerprint density at radius 1 is 1.21 bits per heavy atom. The van der Waals surface area contributed by atoms with Gasteiger partial charge in [0.05, 0.1) is 15.9 Å². The fraction of sp³-hybridized carbons (Fsp3) is 0.733. The molecular weight excluding hydrogens is 304 g/mol. The number of hydrogen-bond donors (Lipinski definition) is 0. The van der Waals surface area contributed by atoms with Gasteiger partial charge in [-0.3, -0.25) is 9.48 Å². The van der Waals surface area contributed by atoms with Gasteiger partial charge in [-0.25, -0.2) is 0 Å². The summed E-state index contributed by atoms with van der Waals surface area (Å²) in [6.45, 7) is 4.17. The Kier molecular flexibility index (Phi) is 7.36. The maximum Gasteiger partial charge on any atom is 0.138 e. The van der Waals surface area contributed by atoms with Crippen LogP contribution in [0.4, 0.5) is 0 Å². The summed E-state index contributed by atoms with van der Waals surface area (Å²) in [6, 6.07) is 0. The predicted molar refractivity (Wildman–Crippen MR) is 82.3 cm³/mol. The normalized spacial score (nSPS) is 10.9. The Hall–Kier alpha value is -0.640. The van der Waals surface area contributed by atoms with Gasteiger partial charge in [-0.1, -0.05) is 39.0 Å². The first kappa shape index (κ1) is 16.4. The van der Waals surface area contributed by atoms with Gasteiger partial charge in [0.15, 0.2) is 0 Å². The van der Waals surface area contributed by atoms with Crippen LogP contribution in [-0.4, -0.2) is 15.6 Å². The molecule has 0 saturated carbocycles. The Balaban J connectivity index is 2.28. The topological polar surface area (TPSA) is 34.9 Å². The van der Waals surface area contributed by atoms with Crippen LogP contribution in [0.5, 0.6) is 0 Å². The summed E-state index contributed by atoms with van der Waals surface area (Å²) in [6.07, 6.45) is 8.54. The summed E-state index contributed by atoms with van der Waals surface area (Å²) in [4.78, 5) is 12.0. The van der Waals surface area contributed by atoms with Crippen LogP contribution in [0.25, 0.3) is 0 Å². The van der Waals surface area contributed by atoms with Gasteiger partial charge in [-0.05, 0) is 29.3 Å². The first-order valence-corrected chi connectivity index (χ1v) is 8.05. The minimum absolute atomic E-state index is 0.319. The van der Waals surface area contributed by atoms with Crippen molar-refractivity contribution in [3.05, 3.63) is 15.9 Å². The van der Waals surface area contributed by atoms with Gasteiger partial charge >= 0.3 is 0 Å². The molecule has 0 aliphatic carbocycles. The molecule has 0 aromatic carbocycles. The molecule has 0 fully saturated rings. The van der Waals surface area contributed by atoms with E-state index in [0.29, 0.717) is 18.6 Å². The molecule has 0 amide bonds. The van der Waals surface area contributed by atoms with Crippen molar-refractivity contribution in [1.29, 1.82) is 0 Å². The number of rotatable bonds is 9. The molecule has 0 saturated heterocycles. The fourth-order valence-electron chi connectivity index (χ4n) is 2.25. The molecule has 1 heterocycles. The molecule has 19 heavy (non-hydrogen) atoms. The lowest BCUT2D eigenvalue weighted by molar-refractivity contribution is -0.118. The number of aryl methyl sites for hydroxylation is 2. The molecule has 0 atom stereocenters. The number of aromatic nitrogens is 2. The van der Waals surface area contributed by atoms with Crippen LogP contribution < -0.4 is 0 Å². The Morgan fingerprint density at radius 2 is 1.84 bits per heavy atom. The third-order valence-corrected chi connectivity index (χ3v) is 4.47. The van der Waals surface area contributed by atoms with Gasteiger partial charge in [0, 0.05) is 19.9 Å². The summed E-state index contributed by atoms with van der Waals surface area (Å²) in [5, 5.41) is 4.31. The summed E-state index contributed by atoms with van der Waals surface area (Å²) >= 11 is 3.50. The molecule has 0 bridgehead atoms. The largest absolute Gasteiger partial charge is 0.299 e. The van der Waals surface area contributed by atoms with E-state index in [0.717, 1.165) is 22.3 Å². The number of carbonyl (C=O) groups is 1. The highest BCUT2D eigenvalue weighted by molar-refractivity contribution is 9.10. The van der Waals surface area contributed by atoms with Crippen molar-refractivity contribution in [3.63, 3.8) is 0 Å². The SMILES string of the molecule is CCCCCCCCC(=O)Cc1c(Br)c(C)nn1C. The van der Waals surface area contributed by atoms with Crippen LogP contribution >= 0.6 is 15.9 Å². The summed E-state index contributed by atoms with van der Waals surface area (Å²) < 4.78 is 2.78. The molecule has 1 aromatic rings.